The summed E-state index contributed by atoms with van der Waals surface area (Å²) < 4.78 is 29.6. The van der Waals surface area contributed by atoms with E-state index in [0.717, 1.165) is 0 Å². The lowest BCUT2D eigenvalue weighted by Crippen LogP contribution is -2.06. The maximum Gasteiger partial charge on any atom is 0.341 e. The molecule has 1 heterocycles. The summed E-state index contributed by atoms with van der Waals surface area (Å²) in [5.41, 5.74) is 1.50. The second-order valence-corrected chi connectivity index (χ2v) is 5.25. The molecule has 0 bridgehead atoms. The Kier molecular flexibility index (Phi) is 4.79. The lowest BCUT2D eigenvalue weighted by molar-refractivity contribution is 0.0595. The zero-order chi connectivity index (χ0) is 17.8. The Hall–Kier alpha value is -3.15. The molecule has 0 aliphatic carbocycles. The van der Waals surface area contributed by atoms with Gasteiger partial charge in [0.2, 0.25) is 0 Å². The molecule has 128 valence electrons. The summed E-state index contributed by atoms with van der Waals surface area (Å²) in [4.78, 5) is 16.1. The quantitative estimate of drug-likeness (QED) is 0.662. The first-order chi connectivity index (χ1) is 12.1. The van der Waals surface area contributed by atoms with E-state index in [1.165, 1.54) is 20.3 Å². The van der Waals surface area contributed by atoms with E-state index in [1.807, 2.05) is 0 Å². The van der Waals surface area contributed by atoms with Crippen LogP contribution in [0.5, 0.6) is 11.5 Å². The van der Waals surface area contributed by atoms with E-state index < -0.39 is 5.97 Å². The van der Waals surface area contributed by atoms with Gasteiger partial charge in [-0.1, -0.05) is 6.07 Å². The summed E-state index contributed by atoms with van der Waals surface area (Å²) in [6.45, 7) is 0.116. The summed E-state index contributed by atoms with van der Waals surface area (Å²) in [6.07, 6.45) is 1.59. The molecule has 0 radical (unpaired) electrons. The van der Waals surface area contributed by atoms with Gasteiger partial charge < -0.3 is 14.2 Å². The largest absolute Gasteiger partial charge is 0.497 e. The number of methoxy groups -OCH3 is 2. The highest BCUT2D eigenvalue weighted by atomic mass is 19.1. The number of nitrogens with zero attached hydrogens (tertiary/aromatic N) is 1. The summed E-state index contributed by atoms with van der Waals surface area (Å²) >= 11 is 0. The van der Waals surface area contributed by atoms with Crippen LogP contribution < -0.4 is 9.47 Å². The molecule has 0 saturated carbocycles. The second-order valence-electron chi connectivity index (χ2n) is 5.25. The third-order valence-electron chi connectivity index (χ3n) is 3.78. The van der Waals surface area contributed by atoms with Crippen molar-refractivity contribution in [1.29, 1.82) is 0 Å². The number of fused-ring (bicyclic) bond motifs is 1. The normalized spacial score (nSPS) is 10.5. The molecule has 6 heteroatoms. The molecule has 1 aromatic heterocycles. The first-order valence-corrected chi connectivity index (χ1v) is 7.55. The van der Waals surface area contributed by atoms with E-state index in [4.69, 9.17) is 14.2 Å². The molecule has 0 amide bonds. The number of hydrogen-bond donors (Lipinski definition) is 0. The predicted octanol–water partition coefficient (Wildman–Crippen LogP) is 3.75. The minimum Gasteiger partial charge on any atom is -0.497 e. The summed E-state index contributed by atoms with van der Waals surface area (Å²) in [5.74, 6) is 0.00701. The van der Waals surface area contributed by atoms with Gasteiger partial charge in [0, 0.05) is 23.2 Å². The molecule has 2 aromatic carbocycles. The topological polar surface area (TPSA) is 57.7 Å². The van der Waals surface area contributed by atoms with E-state index in [2.05, 4.69) is 4.98 Å². The number of benzene rings is 2. The Bertz CT molecular complexity index is 926. The first-order valence-electron chi connectivity index (χ1n) is 7.55. The van der Waals surface area contributed by atoms with Crippen LogP contribution in [0.15, 0.2) is 48.7 Å². The molecular weight excluding hydrogens is 325 g/mol. The average Bonchev–Trinajstić information content (AvgIpc) is 2.67. The number of ether oxygens (including phenoxy) is 3. The number of carbonyl (C=O) groups is 1. The van der Waals surface area contributed by atoms with Crippen LogP contribution in [0, 0.1) is 5.82 Å². The molecule has 5 nitrogen and oxygen atoms in total. The van der Waals surface area contributed by atoms with Crippen LogP contribution in [-0.2, 0) is 11.3 Å². The number of aromatic nitrogens is 1. The number of rotatable bonds is 5. The number of halogens is 1. The van der Waals surface area contributed by atoms with Gasteiger partial charge in [0.05, 0.1) is 19.7 Å². The summed E-state index contributed by atoms with van der Waals surface area (Å²) in [6, 6.07) is 11.1. The van der Waals surface area contributed by atoms with Gasteiger partial charge in [0.25, 0.3) is 0 Å². The Morgan fingerprint density at radius 2 is 2.00 bits per heavy atom. The van der Waals surface area contributed by atoms with Crippen molar-refractivity contribution < 1.29 is 23.4 Å². The minimum atomic E-state index is -0.514. The molecule has 0 N–H and O–H groups in total. The van der Waals surface area contributed by atoms with Crippen molar-refractivity contribution in [2.24, 2.45) is 0 Å². The molecule has 0 aliphatic rings. The summed E-state index contributed by atoms with van der Waals surface area (Å²) in [7, 11) is 2.82. The fraction of sp³-hybridized carbons (Fsp3) is 0.158. The molecule has 3 aromatic rings. The van der Waals surface area contributed by atoms with Crippen molar-refractivity contribution >= 4 is 16.9 Å². The zero-order valence-corrected chi connectivity index (χ0v) is 13.8. The van der Waals surface area contributed by atoms with Gasteiger partial charge >= 0.3 is 5.97 Å². The van der Waals surface area contributed by atoms with E-state index in [-0.39, 0.29) is 18.0 Å². The molecule has 0 saturated heterocycles. The SMILES string of the molecule is COC(=O)c1ccc(OC)cc1OCc1ccc(F)c2cccnc12. The van der Waals surface area contributed by atoms with Gasteiger partial charge in [0.1, 0.15) is 29.5 Å². The van der Waals surface area contributed by atoms with Crippen molar-refractivity contribution in [2.75, 3.05) is 14.2 Å². The number of carbonyl (C=O) groups excluding carboxylic acids is 1. The van der Waals surface area contributed by atoms with Gasteiger partial charge in [-0.2, -0.15) is 0 Å². The number of esters is 1. The van der Waals surface area contributed by atoms with Crippen molar-refractivity contribution in [1.82, 2.24) is 4.98 Å². The fourth-order valence-corrected chi connectivity index (χ4v) is 2.50. The van der Waals surface area contributed by atoms with Crippen molar-refractivity contribution in [3.63, 3.8) is 0 Å². The standard InChI is InChI=1S/C19H16FNO4/c1-23-13-6-7-15(19(22)24-2)17(10-13)25-11-12-5-8-16(20)14-4-3-9-21-18(12)14/h3-10H,11H2,1-2H3. The molecule has 0 atom stereocenters. The Labute approximate surface area is 144 Å². The third kappa shape index (κ3) is 3.38. The second kappa shape index (κ2) is 7.17. The maximum absolute atomic E-state index is 13.9. The van der Waals surface area contributed by atoms with Crippen LogP contribution in [-0.4, -0.2) is 25.2 Å². The summed E-state index contributed by atoms with van der Waals surface area (Å²) in [5, 5.41) is 0.419. The molecule has 0 aliphatic heterocycles. The van der Waals surface area contributed by atoms with Crippen LogP contribution in [0.3, 0.4) is 0 Å². The fourth-order valence-electron chi connectivity index (χ4n) is 2.50. The van der Waals surface area contributed by atoms with Crippen molar-refractivity contribution in [2.45, 2.75) is 6.61 Å². The van der Waals surface area contributed by atoms with E-state index in [1.54, 1.807) is 42.6 Å². The van der Waals surface area contributed by atoms with Crippen LogP contribution in [0.4, 0.5) is 4.39 Å². The van der Waals surface area contributed by atoms with Crippen molar-refractivity contribution in [3.8, 4) is 11.5 Å². The smallest absolute Gasteiger partial charge is 0.341 e. The van der Waals surface area contributed by atoms with Crippen LogP contribution in [0.1, 0.15) is 15.9 Å². The van der Waals surface area contributed by atoms with Crippen LogP contribution in [0.2, 0.25) is 0 Å². The zero-order valence-electron chi connectivity index (χ0n) is 13.8. The van der Waals surface area contributed by atoms with Gasteiger partial charge in [0.15, 0.2) is 0 Å². The molecule has 3 rings (SSSR count). The first kappa shape index (κ1) is 16.7. The average molecular weight is 341 g/mol. The predicted molar refractivity (Wildman–Crippen MR) is 90.4 cm³/mol. The van der Waals surface area contributed by atoms with E-state index in [0.29, 0.717) is 28.0 Å². The Morgan fingerprint density at radius 3 is 2.76 bits per heavy atom. The highest BCUT2D eigenvalue weighted by Gasteiger charge is 2.15. The van der Waals surface area contributed by atoms with Gasteiger partial charge in [-0.15, -0.1) is 0 Å². The number of hydrogen-bond acceptors (Lipinski definition) is 5. The minimum absolute atomic E-state index is 0.116. The van der Waals surface area contributed by atoms with Gasteiger partial charge in [-0.05, 0) is 30.3 Å². The maximum atomic E-state index is 13.9. The van der Waals surface area contributed by atoms with E-state index in [9.17, 15) is 9.18 Å². The van der Waals surface area contributed by atoms with E-state index >= 15 is 0 Å². The van der Waals surface area contributed by atoms with Gasteiger partial charge in [-0.3, -0.25) is 4.98 Å². The van der Waals surface area contributed by atoms with Crippen LogP contribution >= 0.6 is 0 Å². The third-order valence-corrected chi connectivity index (χ3v) is 3.78. The highest BCUT2D eigenvalue weighted by molar-refractivity contribution is 5.92. The Balaban J connectivity index is 1.94. The molecule has 0 unspecified atom stereocenters. The lowest BCUT2D eigenvalue weighted by Gasteiger charge is -2.13. The molecule has 0 fully saturated rings. The van der Waals surface area contributed by atoms with Gasteiger partial charge in [-0.25, -0.2) is 9.18 Å². The Morgan fingerprint density at radius 1 is 1.16 bits per heavy atom. The molecule has 0 spiro atoms. The lowest BCUT2D eigenvalue weighted by atomic mass is 10.1. The number of pyridine rings is 1. The molecule has 25 heavy (non-hydrogen) atoms. The highest BCUT2D eigenvalue weighted by Crippen LogP contribution is 2.27. The molecular formula is C19H16FNO4. The monoisotopic (exact) mass is 341 g/mol. The van der Waals surface area contributed by atoms with Crippen LogP contribution in [0.25, 0.3) is 10.9 Å². The van der Waals surface area contributed by atoms with Crippen molar-refractivity contribution in [3.05, 3.63) is 65.6 Å².